The third-order valence-corrected chi connectivity index (χ3v) is 4.60. The average molecular weight is 312 g/mol. The van der Waals surface area contributed by atoms with Crippen molar-refractivity contribution in [2.45, 2.75) is 12.3 Å². The van der Waals surface area contributed by atoms with Gasteiger partial charge < -0.3 is 10.2 Å². The van der Waals surface area contributed by atoms with Gasteiger partial charge in [0, 0.05) is 36.5 Å². The van der Waals surface area contributed by atoms with Crippen LogP contribution < -0.4 is 5.32 Å². The maximum Gasteiger partial charge on any atom is 0.242 e. The Bertz CT molecular complexity index is 522. The molecule has 0 aliphatic carbocycles. The smallest absolute Gasteiger partial charge is 0.242 e. The molecule has 0 amide bonds. The highest BCUT2D eigenvalue weighted by atomic mass is 32.2. The van der Waals surface area contributed by atoms with Gasteiger partial charge in [0.1, 0.15) is 0 Å². The topological polar surface area (TPSA) is 58.9 Å². The molecule has 0 saturated heterocycles. The van der Waals surface area contributed by atoms with E-state index in [9.17, 15) is 0 Å². The SMILES string of the molecule is CN(C)Cc1cc(CSCCNc2nnnn2C)cs1. The molecule has 8 heteroatoms. The summed E-state index contributed by atoms with van der Waals surface area (Å²) in [6.07, 6.45) is 0. The molecule has 0 fully saturated rings. The number of hydrogen-bond acceptors (Lipinski definition) is 7. The van der Waals surface area contributed by atoms with E-state index in [1.54, 1.807) is 4.68 Å². The lowest BCUT2D eigenvalue weighted by molar-refractivity contribution is 0.406. The van der Waals surface area contributed by atoms with Crippen LogP contribution in [-0.4, -0.2) is 51.5 Å². The number of rotatable bonds is 8. The third kappa shape index (κ3) is 4.77. The Hall–Kier alpha value is -1.12. The second kappa shape index (κ2) is 7.61. The van der Waals surface area contributed by atoms with Crippen molar-refractivity contribution in [2.24, 2.45) is 7.05 Å². The Morgan fingerprint density at radius 1 is 1.45 bits per heavy atom. The molecule has 2 aromatic rings. The first kappa shape index (κ1) is 15.3. The first-order valence-electron chi connectivity index (χ1n) is 6.40. The molecule has 0 spiro atoms. The van der Waals surface area contributed by atoms with Crippen LogP contribution in [0.15, 0.2) is 11.4 Å². The summed E-state index contributed by atoms with van der Waals surface area (Å²) >= 11 is 3.76. The maximum atomic E-state index is 3.88. The van der Waals surface area contributed by atoms with E-state index < -0.39 is 0 Å². The largest absolute Gasteiger partial charge is 0.352 e. The molecule has 0 saturated carbocycles. The van der Waals surface area contributed by atoms with Crippen molar-refractivity contribution < 1.29 is 0 Å². The molecule has 20 heavy (non-hydrogen) atoms. The summed E-state index contributed by atoms with van der Waals surface area (Å²) in [7, 11) is 6.02. The van der Waals surface area contributed by atoms with E-state index in [1.807, 2.05) is 30.1 Å². The number of thioether (sulfide) groups is 1. The van der Waals surface area contributed by atoms with Gasteiger partial charge in [-0.1, -0.05) is 5.10 Å². The quantitative estimate of drug-likeness (QED) is 0.749. The standard InChI is InChI=1S/C12H20N6S2/c1-17(2)7-11-6-10(9-20-11)8-19-5-4-13-12-14-15-16-18(12)3/h6,9H,4-5,7-8H2,1-3H3,(H,13,14,16). The zero-order chi connectivity index (χ0) is 14.4. The van der Waals surface area contributed by atoms with E-state index in [-0.39, 0.29) is 0 Å². The lowest BCUT2D eigenvalue weighted by Gasteiger charge is -2.06. The van der Waals surface area contributed by atoms with Crippen molar-refractivity contribution in [2.75, 3.05) is 31.7 Å². The second-order valence-corrected chi connectivity index (χ2v) is 6.87. The monoisotopic (exact) mass is 312 g/mol. The van der Waals surface area contributed by atoms with Crippen LogP contribution in [0.25, 0.3) is 0 Å². The number of anilines is 1. The van der Waals surface area contributed by atoms with Crippen LogP contribution in [0.1, 0.15) is 10.4 Å². The minimum absolute atomic E-state index is 0.717. The molecule has 2 rings (SSSR count). The predicted octanol–water partition coefficient (Wildman–Crippen LogP) is 1.68. The Balaban J connectivity index is 1.63. The van der Waals surface area contributed by atoms with Crippen molar-refractivity contribution in [3.05, 3.63) is 21.9 Å². The average Bonchev–Trinajstić information content (AvgIpc) is 2.98. The van der Waals surface area contributed by atoms with Crippen molar-refractivity contribution in [3.63, 3.8) is 0 Å². The number of tetrazole rings is 1. The van der Waals surface area contributed by atoms with Crippen LogP contribution in [0.5, 0.6) is 0 Å². The number of thiophene rings is 1. The van der Waals surface area contributed by atoms with E-state index in [1.165, 1.54) is 10.4 Å². The normalized spacial score (nSPS) is 11.2. The van der Waals surface area contributed by atoms with Crippen LogP contribution in [0.2, 0.25) is 0 Å². The lowest BCUT2D eigenvalue weighted by atomic mass is 10.3. The van der Waals surface area contributed by atoms with Gasteiger partial charge >= 0.3 is 0 Å². The summed E-state index contributed by atoms with van der Waals surface area (Å²) in [6, 6.07) is 2.30. The number of aryl methyl sites for hydroxylation is 1. The molecule has 0 aromatic carbocycles. The molecule has 0 bridgehead atoms. The second-order valence-electron chi connectivity index (χ2n) is 4.76. The van der Waals surface area contributed by atoms with Gasteiger partial charge in [0.15, 0.2) is 0 Å². The highest BCUT2D eigenvalue weighted by Crippen LogP contribution is 2.20. The van der Waals surface area contributed by atoms with Crippen LogP contribution in [0, 0.1) is 0 Å². The van der Waals surface area contributed by atoms with Gasteiger partial charge in [-0.25, -0.2) is 4.68 Å². The van der Waals surface area contributed by atoms with E-state index in [4.69, 9.17) is 0 Å². The van der Waals surface area contributed by atoms with E-state index in [0.29, 0.717) is 0 Å². The van der Waals surface area contributed by atoms with Crippen molar-refractivity contribution in [1.29, 1.82) is 0 Å². The molecule has 110 valence electrons. The molecular weight excluding hydrogens is 292 g/mol. The predicted molar refractivity (Wildman–Crippen MR) is 85.2 cm³/mol. The van der Waals surface area contributed by atoms with Gasteiger partial charge in [0.25, 0.3) is 0 Å². The molecule has 2 heterocycles. The number of nitrogens with one attached hydrogen (secondary N) is 1. The molecule has 6 nitrogen and oxygen atoms in total. The van der Waals surface area contributed by atoms with E-state index in [2.05, 4.69) is 51.3 Å². The van der Waals surface area contributed by atoms with Gasteiger partial charge in [-0.15, -0.1) is 11.3 Å². The molecule has 0 unspecified atom stereocenters. The molecule has 0 aliphatic rings. The minimum Gasteiger partial charge on any atom is -0.352 e. The molecule has 2 aromatic heterocycles. The van der Waals surface area contributed by atoms with Gasteiger partial charge in [-0.2, -0.15) is 11.8 Å². The highest BCUT2D eigenvalue weighted by molar-refractivity contribution is 7.98. The highest BCUT2D eigenvalue weighted by Gasteiger charge is 2.02. The fourth-order valence-corrected chi connectivity index (χ4v) is 3.61. The Morgan fingerprint density at radius 3 is 3.00 bits per heavy atom. The van der Waals surface area contributed by atoms with Crippen LogP contribution in [0.3, 0.4) is 0 Å². The molecule has 0 aliphatic heterocycles. The Morgan fingerprint density at radius 2 is 2.30 bits per heavy atom. The summed E-state index contributed by atoms with van der Waals surface area (Å²) in [6.45, 7) is 1.89. The van der Waals surface area contributed by atoms with Gasteiger partial charge in [0.05, 0.1) is 0 Å². The van der Waals surface area contributed by atoms with Gasteiger partial charge in [-0.3, -0.25) is 0 Å². The van der Waals surface area contributed by atoms with Gasteiger partial charge in [0.2, 0.25) is 5.95 Å². The fraction of sp³-hybridized carbons (Fsp3) is 0.583. The number of hydrogen-bond donors (Lipinski definition) is 1. The third-order valence-electron chi connectivity index (χ3n) is 2.60. The molecular formula is C12H20N6S2. The van der Waals surface area contributed by atoms with Gasteiger partial charge in [-0.05, 0) is 41.5 Å². The molecule has 0 radical (unpaired) electrons. The molecule has 0 atom stereocenters. The molecule has 1 N–H and O–H groups in total. The summed E-state index contributed by atoms with van der Waals surface area (Å²) in [5.74, 6) is 2.81. The van der Waals surface area contributed by atoms with Crippen LogP contribution in [0.4, 0.5) is 5.95 Å². The van der Waals surface area contributed by atoms with Crippen molar-refractivity contribution in [1.82, 2.24) is 25.1 Å². The van der Waals surface area contributed by atoms with Crippen LogP contribution >= 0.6 is 23.1 Å². The van der Waals surface area contributed by atoms with E-state index in [0.717, 1.165) is 30.5 Å². The number of nitrogens with zero attached hydrogens (tertiary/aromatic N) is 5. The summed E-state index contributed by atoms with van der Waals surface area (Å²) in [5.41, 5.74) is 1.41. The zero-order valence-corrected chi connectivity index (χ0v) is 13.7. The minimum atomic E-state index is 0.717. The zero-order valence-electron chi connectivity index (χ0n) is 12.0. The van der Waals surface area contributed by atoms with Crippen LogP contribution in [-0.2, 0) is 19.3 Å². The summed E-state index contributed by atoms with van der Waals surface area (Å²) in [5, 5.41) is 16.7. The fourth-order valence-electron chi connectivity index (χ4n) is 1.70. The van der Waals surface area contributed by atoms with Crippen molar-refractivity contribution in [3.8, 4) is 0 Å². The Kier molecular flexibility index (Phi) is 5.81. The first-order chi connectivity index (χ1) is 9.65. The first-order valence-corrected chi connectivity index (χ1v) is 8.43. The summed E-state index contributed by atoms with van der Waals surface area (Å²) < 4.78 is 1.64. The van der Waals surface area contributed by atoms with Crippen molar-refractivity contribution >= 4 is 29.0 Å². The maximum absolute atomic E-state index is 3.88. The summed E-state index contributed by atoms with van der Waals surface area (Å²) in [4.78, 5) is 3.62. The number of aromatic nitrogens is 4. The van der Waals surface area contributed by atoms with E-state index >= 15 is 0 Å². The Labute approximate surface area is 127 Å². The lowest BCUT2D eigenvalue weighted by Crippen LogP contribution is -2.09.